The van der Waals surface area contributed by atoms with Crippen LogP contribution in [-0.2, 0) is 11.3 Å². The average molecular weight is 365 g/mol. The molecule has 3 nitrogen and oxygen atoms in total. The van der Waals surface area contributed by atoms with Gasteiger partial charge in [-0.3, -0.25) is 4.79 Å². The molecule has 134 valence electrons. The summed E-state index contributed by atoms with van der Waals surface area (Å²) in [5, 5.41) is 2.90. The molecule has 1 atom stereocenters. The number of benzene rings is 2. The second kappa shape index (κ2) is 9.42. The molecule has 0 fully saturated rings. The molecule has 25 heavy (non-hydrogen) atoms. The zero-order valence-electron chi connectivity index (χ0n) is 14.2. The van der Waals surface area contributed by atoms with Crippen LogP contribution in [-0.4, -0.2) is 18.3 Å². The SMILES string of the molecule is COc1ccccc1CNC(=O)CCC(C)Sc1ccc(F)cc1F. The maximum Gasteiger partial charge on any atom is 0.220 e. The molecular weight excluding hydrogens is 344 g/mol. The Kier molecular flexibility index (Phi) is 7.25. The molecule has 0 aromatic heterocycles. The van der Waals surface area contributed by atoms with E-state index in [4.69, 9.17) is 4.74 Å². The van der Waals surface area contributed by atoms with Gasteiger partial charge in [0.2, 0.25) is 5.91 Å². The van der Waals surface area contributed by atoms with Gasteiger partial charge in [0.15, 0.2) is 0 Å². The Morgan fingerprint density at radius 1 is 1.24 bits per heavy atom. The van der Waals surface area contributed by atoms with Gasteiger partial charge in [0.1, 0.15) is 17.4 Å². The van der Waals surface area contributed by atoms with Gasteiger partial charge < -0.3 is 10.1 Å². The smallest absolute Gasteiger partial charge is 0.220 e. The number of para-hydroxylation sites is 1. The number of nitrogens with one attached hydrogen (secondary N) is 1. The number of carbonyl (C=O) groups excluding carboxylic acids is 1. The number of halogens is 2. The number of hydrogen-bond acceptors (Lipinski definition) is 3. The van der Waals surface area contributed by atoms with E-state index in [0.29, 0.717) is 24.3 Å². The van der Waals surface area contributed by atoms with Gasteiger partial charge in [-0.15, -0.1) is 11.8 Å². The van der Waals surface area contributed by atoms with E-state index >= 15 is 0 Å². The summed E-state index contributed by atoms with van der Waals surface area (Å²) in [6, 6.07) is 11.0. The van der Waals surface area contributed by atoms with Crippen molar-refractivity contribution in [1.29, 1.82) is 0 Å². The van der Waals surface area contributed by atoms with Crippen LogP contribution in [0.5, 0.6) is 5.75 Å². The number of methoxy groups -OCH3 is 1. The van der Waals surface area contributed by atoms with Crippen molar-refractivity contribution < 1.29 is 18.3 Å². The first-order chi connectivity index (χ1) is 12.0. The molecule has 0 saturated heterocycles. The third-order valence-corrected chi connectivity index (χ3v) is 4.89. The zero-order chi connectivity index (χ0) is 18.2. The first-order valence-electron chi connectivity index (χ1n) is 8.00. The van der Waals surface area contributed by atoms with Gasteiger partial charge in [-0.25, -0.2) is 8.78 Å². The Bertz CT molecular complexity index is 724. The quantitative estimate of drug-likeness (QED) is 0.698. The molecule has 0 bridgehead atoms. The second-order valence-electron chi connectivity index (χ2n) is 5.63. The molecule has 0 aliphatic carbocycles. The summed E-state index contributed by atoms with van der Waals surface area (Å²) in [5.74, 6) is -0.501. The van der Waals surface area contributed by atoms with Crippen molar-refractivity contribution in [3.8, 4) is 5.75 Å². The lowest BCUT2D eigenvalue weighted by Crippen LogP contribution is -2.23. The topological polar surface area (TPSA) is 38.3 Å². The Morgan fingerprint density at radius 2 is 2.00 bits per heavy atom. The summed E-state index contributed by atoms with van der Waals surface area (Å²) < 4.78 is 31.8. The number of carbonyl (C=O) groups is 1. The van der Waals surface area contributed by atoms with Crippen LogP contribution in [0.15, 0.2) is 47.4 Å². The highest BCUT2D eigenvalue weighted by atomic mass is 32.2. The molecule has 0 heterocycles. The monoisotopic (exact) mass is 365 g/mol. The predicted octanol–water partition coefficient (Wildman–Crippen LogP) is 4.55. The summed E-state index contributed by atoms with van der Waals surface area (Å²) in [6.07, 6.45) is 0.936. The van der Waals surface area contributed by atoms with Gasteiger partial charge in [0.25, 0.3) is 0 Å². The molecule has 0 spiro atoms. The second-order valence-corrected chi connectivity index (χ2v) is 7.11. The van der Waals surface area contributed by atoms with Crippen LogP contribution < -0.4 is 10.1 Å². The minimum atomic E-state index is -0.592. The van der Waals surface area contributed by atoms with Gasteiger partial charge in [-0.05, 0) is 24.6 Å². The minimum absolute atomic E-state index is 0.0389. The van der Waals surface area contributed by atoms with Gasteiger partial charge in [-0.2, -0.15) is 0 Å². The first kappa shape index (κ1) is 19.2. The van der Waals surface area contributed by atoms with E-state index < -0.39 is 11.6 Å². The molecule has 0 aliphatic heterocycles. The average Bonchev–Trinajstić information content (AvgIpc) is 2.60. The molecule has 0 aliphatic rings. The lowest BCUT2D eigenvalue weighted by atomic mass is 10.2. The van der Waals surface area contributed by atoms with Crippen molar-refractivity contribution in [2.45, 2.75) is 36.5 Å². The Hall–Kier alpha value is -2.08. The maximum atomic E-state index is 13.6. The van der Waals surface area contributed by atoms with E-state index in [9.17, 15) is 13.6 Å². The van der Waals surface area contributed by atoms with Crippen LogP contribution in [0.4, 0.5) is 8.78 Å². The van der Waals surface area contributed by atoms with Crippen molar-refractivity contribution >= 4 is 17.7 Å². The van der Waals surface area contributed by atoms with Gasteiger partial charge >= 0.3 is 0 Å². The van der Waals surface area contributed by atoms with Crippen molar-refractivity contribution in [3.05, 3.63) is 59.7 Å². The van der Waals surface area contributed by atoms with Crippen LogP contribution >= 0.6 is 11.8 Å². The summed E-state index contributed by atoms with van der Waals surface area (Å²) in [5.41, 5.74) is 0.911. The Balaban J connectivity index is 1.77. The Morgan fingerprint density at radius 3 is 2.72 bits per heavy atom. The molecule has 1 N–H and O–H groups in total. The van der Waals surface area contributed by atoms with Gasteiger partial charge in [0, 0.05) is 34.7 Å². The largest absolute Gasteiger partial charge is 0.496 e. The summed E-state index contributed by atoms with van der Waals surface area (Å²) in [7, 11) is 1.59. The number of amides is 1. The molecule has 1 amide bonds. The van der Waals surface area contributed by atoms with Crippen LogP contribution in [0.25, 0.3) is 0 Å². The van der Waals surface area contributed by atoms with E-state index in [1.807, 2.05) is 31.2 Å². The lowest BCUT2D eigenvalue weighted by molar-refractivity contribution is -0.121. The fraction of sp³-hybridized carbons (Fsp3) is 0.316. The predicted molar refractivity (Wildman–Crippen MR) is 95.8 cm³/mol. The third kappa shape index (κ3) is 6.05. The van der Waals surface area contributed by atoms with E-state index in [1.165, 1.54) is 23.9 Å². The highest BCUT2D eigenvalue weighted by Crippen LogP contribution is 2.28. The first-order valence-corrected chi connectivity index (χ1v) is 8.88. The van der Waals surface area contributed by atoms with Crippen molar-refractivity contribution in [2.75, 3.05) is 7.11 Å². The fourth-order valence-electron chi connectivity index (χ4n) is 2.31. The van der Waals surface area contributed by atoms with Gasteiger partial charge in [-0.1, -0.05) is 25.1 Å². The molecule has 0 saturated carbocycles. The molecular formula is C19H21F2NO2S. The number of hydrogen-bond donors (Lipinski definition) is 1. The highest BCUT2D eigenvalue weighted by Gasteiger charge is 2.12. The molecule has 1 unspecified atom stereocenters. The van der Waals surface area contributed by atoms with Crippen molar-refractivity contribution in [2.24, 2.45) is 0 Å². The number of ether oxygens (including phenoxy) is 1. The standard InChI is InChI=1S/C19H21F2NO2S/c1-13(25-18-9-8-15(20)11-16(18)21)7-10-19(23)22-12-14-5-3-4-6-17(14)24-2/h3-6,8-9,11,13H,7,10,12H2,1-2H3,(H,22,23). The molecule has 2 rings (SSSR count). The molecule has 6 heteroatoms. The van der Waals surface area contributed by atoms with E-state index in [0.717, 1.165) is 17.4 Å². The Labute approximate surface area is 150 Å². The fourth-order valence-corrected chi connectivity index (χ4v) is 3.30. The van der Waals surface area contributed by atoms with Crippen LogP contribution in [0.3, 0.4) is 0 Å². The molecule has 2 aromatic carbocycles. The molecule has 0 radical (unpaired) electrons. The van der Waals surface area contributed by atoms with Crippen molar-refractivity contribution in [1.82, 2.24) is 5.32 Å². The van der Waals surface area contributed by atoms with E-state index in [2.05, 4.69) is 5.32 Å². The number of thioether (sulfide) groups is 1. The highest BCUT2D eigenvalue weighted by molar-refractivity contribution is 8.00. The zero-order valence-corrected chi connectivity index (χ0v) is 15.0. The van der Waals surface area contributed by atoms with Crippen LogP contribution in [0.2, 0.25) is 0 Å². The summed E-state index contributed by atoms with van der Waals surface area (Å²) >= 11 is 1.30. The lowest BCUT2D eigenvalue weighted by Gasteiger charge is -2.13. The minimum Gasteiger partial charge on any atom is -0.496 e. The third-order valence-electron chi connectivity index (χ3n) is 3.67. The summed E-state index contributed by atoms with van der Waals surface area (Å²) in [4.78, 5) is 12.4. The normalized spacial score (nSPS) is 11.8. The number of rotatable bonds is 8. The molecule has 2 aromatic rings. The van der Waals surface area contributed by atoms with Crippen LogP contribution in [0, 0.1) is 11.6 Å². The summed E-state index contributed by atoms with van der Waals surface area (Å²) in [6.45, 7) is 2.32. The maximum absolute atomic E-state index is 13.6. The van der Waals surface area contributed by atoms with E-state index in [1.54, 1.807) is 7.11 Å². The van der Waals surface area contributed by atoms with Gasteiger partial charge in [0.05, 0.1) is 7.11 Å². The van der Waals surface area contributed by atoms with Crippen LogP contribution in [0.1, 0.15) is 25.3 Å². The van der Waals surface area contributed by atoms with Crippen molar-refractivity contribution in [3.63, 3.8) is 0 Å². The van der Waals surface area contributed by atoms with E-state index in [-0.39, 0.29) is 11.2 Å².